The van der Waals surface area contributed by atoms with Gasteiger partial charge in [0, 0.05) is 28.1 Å². The molecule has 6 heteroatoms. The number of fused-ring (bicyclic) bond motifs is 2. The largest absolute Gasteiger partial charge is 0.322 e. The van der Waals surface area contributed by atoms with Crippen molar-refractivity contribution in [3.63, 3.8) is 0 Å². The highest BCUT2D eigenvalue weighted by Crippen LogP contribution is 2.41. The number of aryl methyl sites for hydroxylation is 1. The van der Waals surface area contributed by atoms with Gasteiger partial charge in [0.1, 0.15) is 5.71 Å². The van der Waals surface area contributed by atoms with Gasteiger partial charge in [-0.05, 0) is 78.8 Å². The van der Waals surface area contributed by atoms with Crippen LogP contribution in [0.15, 0.2) is 88.4 Å². The predicted molar refractivity (Wildman–Crippen MR) is 135 cm³/mol. The van der Waals surface area contributed by atoms with Crippen molar-refractivity contribution in [3.8, 4) is 0 Å². The van der Waals surface area contributed by atoms with Crippen molar-refractivity contribution in [2.24, 2.45) is 5.10 Å². The Labute approximate surface area is 197 Å². The zero-order valence-corrected chi connectivity index (χ0v) is 19.1. The molecule has 0 radical (unpaired) electrons. The third-order valence-corrected chi connectivity index (χ3v) is 6.72. The number of amides is 1. The van der Waals surface area contributed by atoms with Gasteiger partial charge in [-0.15, -0.1) is 11.8 Å². The zero-order chi connectivity index (χ0) is 22.8. The summed E-state index contributed by atoms with van der Waals surface area (Å²) in [4.78, 5) is 25.5. The molecule has 0 aromatic heterocycles. The number of allylic oxidation sites excluding steroid dienone is 1. The summed E-state index contributed by atoms with van der Waals surface area (Å²) in [6, 6.07) is 23.4. The van der Waals surface area contributed by atoms with Crippen molar-refractivity contribution in [2.75, 3.05) is 16.6 Å². The summed E-state index contributed by atoms with van der Waals surface area (Å²) in [6.07, 6.45) is 5.22. The number of nitrogens with one attached hydrogen (secondary N) is 1. The van der Waals surface area contributed by atoms with E-state index in [0.717, 1.165) is 41.8 Å². The summed E-state index contributed by atoms with van der Waals surface area (Å²) in [7, 11) is 0. The van der Waals surface area contributed by atoms with Crippen LogP contribution >= 0.6 is 11.8 Å². The third-order valence-electron chi connectivity index (χ3n) is 5.98. The van der Waals surface area contributed by atoms with E-state index < -0.39 is 0 Å². The molecule has 0 saturated heterocycles. The van der Waals surface area contributed by atoms with Crippen LogP contribution in [-0.4, -0.2) is 24.2 Å². The van der Waals surface area contributed by atoms with Crippen LogP contribution in [0.25, 0.3) is 5.70 Å². The van der Waals surface area contributed by atoms with Gasteiger partial charge in [-0.2, -0.15) is 5.10 Å². The highest BCUT2D eigenvalue weighted by Gasteiger charge is 2.29. The second-order valence-corrected chi connectivity index (χ2v) is 8.92. The van der Waals surface area contributed by atoms with Crippen LogP contribution in [0.5, 0.6) is 0 Å². The highest BCUT2D eigenvalue weighted by molar-refractivity contribution is 7.98. The van der Waals surface area contributed by atoms with Crippen LogP contribution in [0.2, 0.25) is 0 Å². The molecular weight excluding hydrogens is 430 g/mol. The van der Waals surface area contributed by atoms with E-state index in [0.29, 0.717) is 17.7 Å². The van der Waals surface area contributed by atoms with Crippen LogP contribution in [0, 0.1) is 0 Å². The Balaban J connectivity index is 1.54. The smallest absolute Gasteiger partial charge is 0.255 e. The first-order valence-electron chi connectivity index (χ1n) is 10.8. The van der Waals surface area contributed by atoms with Crippen LogP contribution in [0.3, 0.4) is 0 Å². The van der Waals surface area contributed by atoms with Gasteiger partial charge in [-0.3, -0.25) is 9.59 Å². The lowest BCUT2D eigenvalue weighted by atomic mass is 9.85. The Kier molecular flexibility index (Phi) is 5.84. The molecule has 0 unspecified atom stereocenters. The molecule has 0 saturated carbocycles. The molecule has 5 rings (SSSR count). The lowest BCUT2D eigenvalue weighted by Crippen LogP contribution is -2.28. The maximum atomic E-state index is 12.7. The van der Waals surface area contributed by atoms with E-state index >= 15 is 0 Å². The monoisotopic (exact) mass is 453 g/mol. The second kappa shape index (κ2) is 9.08. The number of thioether (sulfide) groups is 1. The standard InChI is InChI=1S/C27H23N3O2S/c1-33-24-13-11-23(12-14-24)30-26-20(15-22(17-31)29-30)8-7-18-9-10-21(16-25(18)26)28-27(32)19-5-3-2-4-6-19/h2-6,9-14,16-17H,7-8,15H2,1H3,(H,28,32). The predicted octanol–water partition coefficient (Wildman–Crippen LogP) is 5.78. The van der Waals surface area contributed by atoms with Gasteiger partial charge >= 0.3 is 0 Å². The summed E-state index contributed by atoms with van der Waals surface area (Å²) in [5, 5.41) is 9.58. The Hall–Kier alpha value is -3.64. The number of aldehydes is 1. The molecule has 0 fully saturated rings. The quantitative estimate of drug-likeness (QED) is 0.393. The van der Waals surface area contributed by atoms with E-state index in [-0.39, 0.29) is 5.91 Å². The molecule has 0 bridgehead atoms. The maximum absolute atomic E-state index is 12.7. The number of carbonyl (C=O) groups excluding carboxylic acids is 2. The first-order chi connectivity index (χ1) is 16.2. The topological polar surface area (TPSA) is 61.8 Å². The Bertz CT molecular complexity index is 1280. The van der Waals surface area contributed by atoms with Gasteiger partial charge in [-0.1, -0.05) is 24.3 Å². The van der Waals surface area contributed by atoms with E-state index in [4.69, 9.17) is 0 Å². The fourth-order valence-corrected chi connectivity index (χ4v) is 4.73. The first kappa shape index (κ1) is 21.2. The third kappa shape index (κ3) is 4.22. The van der Waals surface area contributed by atoms with Crippen LogP contribution in [0.4, 0.5) is 11.4 Å². The fourth-order valence-electron chi connectivity index (χ4n) is 4.32. The number of anilines is 2. The van der Waals surface area contributed by atoms with E-state index in [1.165, 1.54) is 16.0 Å². The minimum atomic E-state index is -0.144. The molecule has 1 aliphatic heterocycles. The minimum absolute atomic E-state index is 0.144. The maximum Gasteiger partial charge on any atom is 0.255 e. The molecular formula is C27H23N3O2S. The number of hydrazone groups is 1. The fraction of sp³-hybridized carbons (Fsp3) is 0.148. The molecule has 0 spiro atoms. The van der Waals surface area contributed by atoms with Crippen molar-refractivity contribution < 1.29 is 9.59 Å². The van der Waals surface area contributed by atoms with E-state index in [1.807, 2.05) is 53.7 Å². The molecule has 164 valence electrons. The number of hydrogen-bond acceptors (Lipinski definition) is 5. The van der Waals surface area contributed by atoms with Crippen molar-refractivity contribution in [1.82, 2.24) is 0 Å². The average Bonchev–Trinajstić information content (AvgIpc) is 2.88. The Morgan fingerprint density at radius 1 is 1.03 bits per heavy atom. The molecule has 5 nitrogen and oxygen atoms in total. The molecule has 1 amide bonds. The summed E-state index contributed by atoms with van der Waals surface area (Å²) in [5.74, 6) is -0.144. The van der Waals surface area contributed by atoms with Crippen LogP contribution in [-0.2, 0) is 11.2 Å². The lowest BCUT2D eigenvalue weighted by molar-refractivity contribution is -0.102. The number of nitrogens with zero attached hydrogens (tertiary/aromatic N) is 2. The SMILES string of the molecule is CSc1ccc(N2N=C(C=O)CC3=C2c2cc(NC(=O)c4ccccc4)ccc2CC3)cc1. The number of carbonyl (C=O) groups is 2. The molecule has 2 aliphatic rings. The van der Waals surface area contributed by atoms with Gasteiger partial charge in [0.25, 0.3) is 5.91 Å². The van der Waals surface area contributed by atoms with Crippen LogP contribution in [0.1, 0.15) is 34.3 Å². The van der Waals surface area contributed by atoms with Gasteiger partial charge in [-0.25, -0.2) is 5.01 Å². The minimum Gasteiger partial charge on any atom is -0.322 e. The van der Waals surface area contributed by atoms with Crippen molar-refractivity contribution in [2.45, 2.75) is 24.2 Å². The van der Waals surface area contributed by atoms with Gasteiger partial charge in [0.15, 0.2) is 6.29 Å². The molecule has 33 heavy (non-hydrogen) atoms. The number of hydrogen-bond donors (Lipinski definition) is 1. The Morgan fingerprint density at radius 2 is 1.82 bits per heavy atom. The molecule has 1 aliphatic carbocycles. The summed E-state index contributed by atoms with van der Waals surface area (Å²) in [6.45, 7) is 0. The van der Waals surface area contributed by atoms with Crippen molar-refractivity contribution in [1.29, 1.82) is 0 Å². The summed E-state index contributed by atoms with van der Waals surface area (Å²) < 4.78 is 0. The van der Waals surface area contributed by atoms with E-state index in [9.17, 15) is 9.59 Å². The molecule has 1 N–H and O–H groups in total. The molecule has 1 heterocycles. The number of benzene rings is 3. The van der Waals surface area contributed by atoms with Crippen LogP contribution < -0.4 is 10.3 Å². The van der Waals surface area contributed by atoms with Gasteiger partial charge < -0.3 is 5.32 Å². The van der Waals surface area contributed by atoms with E-state index in [1.54, 1.807) is 23.9 Å². The lowest BCUT2D eigenvalue weighted by Gasteiger charge is -2.34. The van der Waals surface area contributed by atoms with Crippen molar-refractivity contribution >= 4 is 46.7 Å². The summed E-state index contributed by atoms with van der Waals surface area (Å²) >= 11 is 1.68. The molecule has 0 atom stereocenters. The summed E-state index contributed by atoms with van der Waals surface area (Å²) in [5.41, 5.74) is 7.25. The van der Waals surface area contributed by atoms with E-state index in [2.05, 4.69) is 28.6 Å². The highest BCUT2D eigenvalue weighted by atomic mass is 32.2. The molecule has 3 aromatic carbocycles. The first-order valence-corrected chi connectivity index (χ1v) is 12.1. The Morgan fingerprint density at radius 3 is 2.55 bits per heavy atom. The number of rotatable bonds is 5. The zero-order valence-electron chi connectivity index (χ0n) is 18.2. The average molecular weight is 454 g/mol. The van der Waals surface area contributed by atoms with Crippen molar-refractivity contribution in [3.05, 3.63) is 95.1 Å². The second-order valence-electron chi connectivity index (χ2n) is 8.04. The molecule has 3 aromatic rings. The van der Waals surface area contributed by atoms with Gasteiger partial charge in [0.2, 0.25) is 0 Å². The van der Waals surface area contributed by atoms with Gasteiger partial charge in [0.05, 0.1) is 11.4 Å². The normalized spacial score (nSPS) is 14.8.